The Labute approximate surface area is 121 Å². The van der Waals surface area contributed by atoms with E-state index in [9.17, 15) is 14.4 Å². The van der Waals surface area contributed by atoms with Crippen molar-refractivity contribution in [3.8, 4) is 5.75 Å². The Morgan fingerprint density at radius 3 is 2.57 bits per heavy atom. The van der Waals surface area contributed by atoms with E-state index in [0.29, 0.717) is 11.4 Å². The lowest BCUT2D eigenvalue weighted by molar-refractivity contribution is -0.139. The van der Waals surface area contributed by atoms with Crippen LogP contribution in [0.4, 0.5) is 10.5 Å². The molecule has 0 aromatic heterocycles. The minimum Gasteiger partial charge on any atom is -0.495 e. The van der Waals surface area contributed by atoms with Crippen LogP contribution in [0.3, 0.4) is 0 Å². The largest absolute Gasteiger partial charge is 0.495 e. The third-order valence-corrected chi connectivity index (χ3v) is 2.64. The Hall–Kier alpha value is -2.77. The van der Waals surface area contributed by atoms with Gasteiger partial charge < -0.3 is 26.2 Å². The second-order valence-electron chi connectivity index (χ2n) is 4.19. The highest BCUT2D eigenvalue weighted by atomic mass is 16.5. The van der Waals surface area contributed by atoms with Gasteiger partial charge in [-0.05, 0) is 18.6 Å². The average Bonchev–Trinajstić information content (AvgIpc) is 2.43. The maximum absolute atomic E-state index is 11.8. The molecule has 5 N–H and O–H groups in total. The van der Waals surface area contributed by atoms with Crippen molar-refractivity contribution in [2.24, 2.45) is 5.73 Å². The molecule has 8 nitrogen and oxygen atoms in total. The summed E-state index contributed by atoms with van der Waals surface area (Å²) >= 11 is 0. The maximum Gasteiger partial charge on any atom is 0.326 e. The molecule has 0 aliphatic rings. The maximum atomic E-state index is 11.8. The topological polar surface area (TPSA) is 131 Å². The summed E-state index contributed by atoms with van der Waals surface area (Å²) in [6.07, 6.45) is -0.212. The molecular formula is C13H17N3O5. The second-order valence-corrected chi connectivity index (χ2v) is 4.19. The van der Waals surface area contributed by atoms with E-state index in [1.807, 2.05) is 0 Å². The van der Waals surface area contributed by atoms with Gasteiger partial charge in [-0.15, -0.1) is 0 Å². The molecule has 0 saturated carbocycles. The number of anilines is 1. The molecule has 1 aromatic carbocycles. The SMILES string of the molecule is COc1ccccc1NC(=O)N[C@H](CCC(N)=O)C(=O)O. The van der Waals surface area contributed by atoms with Gasteiger partial charge in [0.05, 0.1) is 12.8 Å². The molecule has 8 heteroatoms. The van der Waals surface area contributed by atoms with Crippen LogP contribution in [0.25, 0.3) is 0 Å². The van der Waals surface area contributed by atoms with E-state index in [2.05, 4.69) is 10.6 Å². The predicted molar refractivity (Wildman–Crippen MR) is 75.0 cm³/mol. The van der Waals surface area contributed by atoms with Gasteiger partial charge in [-0.25, -0.2) is 9.59 Å². The Bertz CT molecular complexity index is 532. The quantitative estimate of drug-likeness (QED) is 0.583. The van der Waals surface area contributed by atoms with E-state index in [1.165, 1.54) is 7.11 Å². The van der Waals surface area contributed by atoms with E-state index >= 15 is 0 Å². The predicted octanol–water partition coefficient (Wildman–Crippen LogP) is 0.535. The number of nitrogens with one attached hydrogen (secondary N) is 2. The number of carbonyl (C=O) groups is 3. The molecule has 0 fully saturated rings. The molecule has 0 heterocycles. The summed E-state index contributed by atoms with van der Waals surface area (Å²) in [5, 5.41) is 13.7. The van der Waals surface area contributed by atoms with Crippen molar-refractivity contribution in [2.45, 2.75) is 18.9 Å². The summed E-state index contributed by atoms with van der Waals surface area (Å²) in [6, 6.07) is 4.77. The summed E-state index contributed by atoms with van der Waals surface area (Å²) in [6.45, 7) is 0. The lowest BCUT2D eigenvalue weighted by atomic mass is 10.1. The minimum atomic E-state index is -1.24. The summed E-state index contributed by atoms with van der Waals surface area (Å²) < 4.78 is 5.06. The van der Waals surface area contributed by atoms with Crippen LogP contribution in [0.2, 0.25) is 0 Å². The number of hydrogen-bond acceptors (Lipinski definition) is 4. The molecule has 0 radical (unpaired) electrons. The zero-order valence-corrected chi connectivity index (χ0v) is 11.5. The number of urea groups is 1. The highest BCUT2D eigenvalue weighted by molar-refractivity contribution is 5.93. The number of carboxylic acid groups (broad SMARTS) is 1. The Kier molecular flexibility index (Phi) is 5.99. The number of carboxylic acids is 1. The molecular weight excluding hydrogens is 278 g/mol. The molecule has 21 heavy (non-hydrogen) atoms. The Morgan fingerprint density at radius 1 is 1.33 bits per heavy atom. The molecule has 0 saturated heterocycles. The molecule has 1 rings (SSSR count). The Balaban J connectivity index is 2.65. The molecule has 0 spiro atoms. The van der Waals surface area contributed by atoms with Crippen LogP contribution in [-0.2, 0) is 9.59 Å². The van der Waals surface area contributed by atoms with Crippen LogP contribution < -0.4 is 21.1 Å². The van der Waals surface area contributed by atoms with Crippen molar-refractivity contribution in [3.05, 3.63) is 24.3 Å². The first kappa shape index (κ1) is 16.3. The standard InChI is InChI=1S/C13H17N3O5/c1-21-10-5-3-2-4-8(10)15-13(20)16-9(12(18)19)6-7-11(14)17/h2-5,9H,6-7H2,1H3,(H2,14,17)(H,18,19)(H2,15,16,20)/t9-/m1/s1. The number of primary amides is 1. The highest BCUT2D eigenvalue weighted by Gasteiger charge is 2.20. The zero-order chi connectivity index (χ0) is 15.8. The molecule has 1 aromatic rings. The summed E-state index contributed by atoms with van der Waals surface area (Å²) in [4.78, 5) is 33.5. The number of methoxy groups -OCH3 is 1. The summed E-state index contributed by atoms with van der Waals surface area (Å²) in [5.41, 5.74) is 5.36. The average molecular weight is 295 g/mol. The fraction of sp³-hybridized carbons (Fsp3) is 0.308. The number of carbonyl (C=O) groups excluding carboxylic acids is 2. The van der Waals surface area contributed by atoms with Gasteiger partial charge in [-0.3, -0.25) is 4.79 Å². The smallest absolute Gasteiger partial charge is 0.326 e. The fourth-order valence-electron chi connectivity index (χ4n) is 1.61. The van der Waals surface area contributed by atoms with Crippen molar-refractivity contribution in [1.29, 1.82) is 0 Å². The van der Waals surface area contributed by atoms with Gasteiger partial charge in [0, 0.05) is 6.42 Å². The van der Waals surface area contributed by atoms with E-state index in [-0.39, 0.29) is 12.8 Å². The third-order valence-electron chi connectivity index (χ3n) is 2.64. The van der Waals surface area contributed by atoms with E-state index in [0.717, 1.165) is 0 Å². The van der Waals surface area contributed by atoms with Crippen molar-refractivity contribution < 1.29 is 24.2 Å². The number of ether oxygens (including phenoxy) is 1. The number of aliphatic carboxylic acids is 1. The van der Waals surface area contributed by atoms with Crippen LogP contribution in [0.1, 0.15) is 12.8 Å². The second kappa shape index (κ2) is 7.73. The van der Waals surface area contributed by atoms with E-state index in [4.69, 9.17) is 15.6 Å². The van der Waals surface area contributed by atoms with Crippen LogP contribution in [-0.4, -0.2) is 36.2 Å². The van der Waals surface area contributed by atoms with Crippen molar-refractivity contribution in [3.63, 3.8) is 0 Å². The Morgan fingerprint density at radius 2 is 2.00 bits per heavy atom. The number of nitrogens with two attached hydrogens (primary N) is 1. The van der Waals surface area contributed by atoms with Gasteiger partial charge in [0.1, 0.15) is 11.8 Å². The number of benzene rings is 1. The number of amides is 3. The van der Waals surface area contributed by atoms with Gasteiger partial charge in [-0.1, -0.05) is 12.1 Å². The first-order valence-corrected chi connectivity index (χ1v) is 6.15. The lowest BCUT2D eigenvalue weighted by Crippen LogP contribution is -2.43. The summed E-state index contributed by atoms with van der Waals surface area (Å²) in [7, 11) is 1.45. The summed E-state index contributed by atoms with van der Waals surface area (Å²) in [5.74, 6) is -1.43. The fourth-order valence-corrected chi connectivity index (χ4v) is 1.61. The number of rotatable bonds is 7. The molecule has 0 aliphatic heterocycles. The van der Waals surface area contributed by atoms with E-state index < -0.39 is 23.9 Å². The normalized spacial score (nSPS) is 11.3. The van der Waals surface area contributed by atoms with Crippen LogP contribution in [0.5, 0.6) is 5.75 Å². The molecule has 0 unspecified atom stereocenters. The zero-order valence-electron chi connectivity index (χ0n) is 11.5. The molecule has 0 aliphatic carbocycles. The van der Waals surface area contributed by atoms with Crippen molar-refractivity contribution in [1.82, 2.24) is 5.32 Å². The highest BCUT2D eigenvalue weighted by Crippen LogP contribution is 2.22. The molecule has 0 bridgehead atoms. The van der Waals surface area contributed by atoms with Crippen LogP contribution in [0, 0.1) is 0 Å². The minimum absolute atomic E-state index is 0.0794. The number of hydrogen-bond donors (Lipinski definition) is 4. The van der Waals surface area contributed by atoms with Gasteiger partial charge in [0.2, 0.25) is 5.91 Å². The van der Waals surface area contributed by atoms with Gasteiger partial charge in [0.15, 0.2) is 0 Å². The molecule has 3 amide bonds. The van der Waals surface area contributed by atoms with E-state index in [1.54, 1.807) is 24.3 Å². The van der Waals surface area contributed by atoms with Crippen LogP contribution >= 0.6 is 0 Å². The first-order chi connectivity index (χ1) is 9.93. The van der Waals surface area contributed by atoms with Gasteiger partial charge in [-0.2, -0.15) is 0 Å². The molecule has 1 atom stereocenters. The van der Waals surface area contributed by atoms with Gasteiger partial charge >= 0.3 is 12.0 Å². The van der Waals surface area contributed by atoms with Gasteiger partial charge in [0.25, 0.3) is 0 Å². The van der Waals surface area contributed by atoms with Crippen molar-refractivity contribution in [2.75, 3.05) is 12.4 Å². The van der Waals surface area contributed by atoms with Crippen LogP contribution in [0.15, 0.2) is 24.3 Å². The monoisotopic (exact) mass is 295 g/mol. The number of para-hydroxylation sites is 2. The molecule has 114 valence electrons. The third kappa shape index (κ3) is 5.39. The lowest BCUT2D eigenvalue weighted by Gasteiger charge is -2.15. The first-order valence-electron chi connectivity index (χ1n) is 6.15. The van der Waals surface area contributed by atoms with Crippen molar-refractivity contribution >= 4 is 23.6 Å².